The van der Waals surface area contributed by atoms with Crippen LogP contribution in [0.5, 0.6) is 0 Å². The number of nitrogens with zero attached hydrogens (tertiary/aromatic N) is 2. The second-order valence-corrected chi connectivity index (χ2v) is 5.49. The van der Waals surface area contributed by atoms with Crippen LogP contribution in [-0.2, 0) is 0 Å². The molecule has 1 saturated heterocycles. The van der Waals surface area contributed by atoms with Crippen molar-refractivity contribution in [3.8, 4) is 0 Å². The summed E-state index contributed by atoms with van der Waals surface area (Å²) < 4.78 is 0. The molecule has 2 aromatic rings. The highest BCUT2D eigenvalue weighted by molar-refractivity contribution is 6.30. The summed E-state index contributed by atoms with van der Waals surface area (Å²) in [6.45, 7) is 2.16. The minimum absolute atomic E-state index is 0.187. The Bertz CT molecular complexity index is 619. The van der Waals surface area contributed by atoms with Gasteiger partial charge in [-0.25, -0.2) is 4.98 Å². The van der Waals surface area contributed by atoms with E-state index in [1.54, 1.807) is 24.3 Å². The number of halogens is 1. The highest BCUT2D eigenvalue weighted by Crippen LogP contribution is 2.20. The minimum Gasteiger partial charge on any atom is -0.370 e. The molecule has 2 heterocycles. The van der Waals surface area contributed by atoms with Gasteiger partial charge in [0.05, 0.1) is 11.9 Å². The topological polar surface area (TPSA) is 45.2 Å². The molecule has 21 heavy (non-hydrogen) atoms. The summed E-state index contributed by atoms with van der Waals surface area (Å²) in [6, 6.07) is 10.6. The van der Waals surface area contributed by atoms with Crippen LogP contribution in [0.1, 0.15) is 23.2 Å². The number of hydrogen-bond acceptors (Lipinski definition) is 3. The normalized spacial score (nSPS) is 14.2. The van der Waals surface area contributed by atoms with E-state index in [1.807, 2.05) is 18.3 Å². The zero-order chi connectivity index (χ0) is 14.7. The Labute approximate surface area is 128 Å². The molecular formula is C16H16ClN3O. The van der Waals surface area contributed by atoms with E-state index in [9.17, 15) is 4.79 Å². The fourth-order valence-corrected chi connectivity index (χ4v) is 2.54. The van der Waals surface area contributed by atoms with Crippen LogP contribution >= 0.6 is 11.6 Å². The van der Waals surface area contributed by atoms with E-state index < -0.39 is 0 Å². The minimum atomic E-state index is -0.187. The van der Waals surface area contributed by atoms with Crippen LogP contribution in [0.4, 0.5) is 11.5 Å². The van der Waals surface area contributed by atoms with Gasteiger partial charge in [0.15, 0.2) is 0 Å². The predicted octanol–water partition coefficient (Wildman–Crippen LogP) is 3.59. The van der Waals surface area contributed by atoms with Crippen LogP contribution in [0.15, 0.2) is 42.6 Å². The molecule has 0 spiro atoms. The van der Waals surface area contributed by atoms with Gasteiger partial charge in [0.25, 0.3) is 5.91 Å². The van der Waals surface area contributed by atoms with Gasteiger partial charge in [-0.05, 0) is 49.2 Å². The van der Waals surface area contributed by atoms with Gasteiger partial charge < -0.3 is 10.2 Å². The van der Waals surface area contributed by atoms with E-state index >= 15 is 0 Å². The van der Waals surface area contributed by atoms with Crippen LogP contribution in [0, 0.1) is 0 Å². The number of amides is 1. The molecule has 0 bridgehead atoms. The predicted molar refractivity (Wildman–Crippen MR) is 85.1 cm³/mol. The SMILES string of the molecule is O=C(Nc1ccc(N2CCCC2)cn1)c1ccc(Cl)cc1. The van der Waals surface area contributed by atoms with Crippen LogP contribution in [0.25, 0.3) is 0 Å². The van der Waals surface area contributed by atoms with Crippen molar-refractivity contribution in [1.29, 1.82) is 0 Å². The molecule has 1 fully saturated rings. The third-order valence-corrected chi connectivity index (χ3v) is 3.82. The second-order valence-electron chi connectivity index (χ2n) is 5.06. The molecule has 0 radical (unpaired) electrons. The molecule has 4 nitrogen and oxygen atoms in total. The Morgan fingerprint density at radius 1 is 1.10 bits per heavy atom. The Kier molecular flexibility index (Phi) is 4.06. The summed E-state index contributed by atoms with van der Waals surface area (Å²) in [4.78, 5) is 18.7. The lowest BCUT2D eigenvalue weighted by atomic mass is 10.2. The van der Waals surface area contributed by atoms with E-state index in [0.717, 1.165) is 18.8 Å². The van der Waals surface area contributed by atoms with Crippen molar-refractivity contribution >= 4 is 29.0 Å². The Hall–Kier alpha value is -2.07. The molecule has 1 N–H and O–H groups in total. The van der Waals surface area contributed by atoms with E-state index in [0.29, 0.717) is 16.4 Å². The molecule has 1 aromatic heterocycles. The third-order valence-electron chi connectivity index (χ3n) is 3.57. The summed E-state index contributed by atoms with van der Waals surface area (Å²) in [5, 5.41) is 3.39. The lowest BCUT2D eigenvalue weighted by molar-refractivity contribution is 0.102. The van der Waals surface area contributed by atoms with Crippen LogP contribution in [0.3, 0.4) is 0 Å². The second kappa shape index (κ2) is 6.14. The van der Waals surface area contributed by atoms with Crippen LogP contribution in [0.2, 0.25) is 5.02 Å². The van der Waals surface area contributed by atoms with Crippen molar-refractivity contribution in [2.24, 2.45) is 0 Å². The first kappa shape index (κ1) is 13.9. The number of anilines is 2. The smallest absolute Gasteiger partial charge is 0.256 e. The van der Waals surface area contributed by atoms with E-state index in [-0.39, 0.29) is 5.91 Å². The molecule has 1 amide bonds. The largest absolute Gasteiger partial charge is 0.370 e. The summed E-state index contributed by atoms with van der Waals surface area (Å²) in [5.41, 5.74) is 1.67. The zero-order valence-corrected chi connectivity index (χ0v) is 12.3. The van der Waals surface area contributed by atoms with Gasteiger partial charge in [0.1, 0.15) is 5.82 Å². The summed E-state index contributed by atoms with van der Waals surface area (Å²) in [6.07, 6.45) is 4.27. The van der Waals surface area contributed by atoms with Crippen molar-refractivity contribution in [2.75, 3.05) is 23.3 Å². The number of nitrogens with one attached hydrogen (secondary N) is 1. The van der Waals surface area contributed by atoms with Crippen LogP contribution in [-0.4, -0.2) is 24.0 Å². The van der Waals surface area contributed by atoms with E-state index in [4.69, 9.17) is 11.6 Å². The first-order chi connectivity index (χ1) is 10.2. The lowest BCUT2D eigenvalue weighted by Gasteiger charge is -2.17. The molecular weight excluding hydrogens is 286 g/mol. The van der Waals surface area contributed by atoms with Crippen LogP contribution < -0.4 is 10.2 Å². The molecule has 0 atom stereocenters. The monoisotopic (exact) mass is 301 g/mol. The summed E-state index contributed by atoms with van der Waals surface area (Å²) in [7, 11) is 0. The average molecular weight is 302 g/mol. The highest BCUT2D eigenvalue weighted by Gasteiger charge is 2.13. The fraction of sp³-hybridized carbons (Fsp3) is 0.250. The first-order valence-corrected chi connectivity index (χ1v) is 7.38. The Morgan fingerprint density at radius 3 is 2.43 bits per heavy atom. The summed E-state index contributed by atoms with van der Waals surface area (Å²) in [5.74, 6) is 0.367. The van der Waals surface area contributed by atoms with Crippen molar-refractivity contribution in [2.45, 2.75) is 12.8 Å². The Morgan fingerprint density at radius 2 is 1.81 bits per heavy atom. The van der Waals surface area contributed by atoms with E-state index in [1.165, 1.54) is 12.8 Å². The number of carbonyl (C=O) groups is 1. The maximum atomic E-state index is 12.1. The first-order valence-electron chi connectivity index (χ1n) is 7.00. The average Bonchev–Trinajstić information content (AvgIpc) is 3.03. The van der Waals surface area contributed by atoms with Gasteiger partial charge in [-0.15, -0.1) is 0 Å². The van der Waals surface area contributed by atoms with Crippen molar-refractivity contribution in [1.82, 2.24) is 4.98 Å². The molecule has 3 rings (SSSR count). The summed E-state index contributed by atoms with van der Waals surface area (Å²) >= 11 is 5.81. The molecule has 0 unspecified atom stereocenters. The number of carbonyl (C=O) groups excluding carboxylic acids is 1. The molecule has 0 aliphatic carbocycles. The van der Waals surface area contributed by atoms with Crippen molar-refractivity contribution in [3.63, 3.8) is 0 Å². The quantitative estimate of drug-likeness (QED) is 0.942. The molecule has 1 aliphatic heterocycles. The lowest BCUT2D eigenvalue weighted by Crippen LogP contribution is -2.18. The molecule has 108 valence electrons. The van der Waals surface area contributed by atoms with Gasteiger partial charge in [-0.1, -0.05) is 11.6 Å². The van der Waals surface area contributed by atoms with Gasteiger partial charge in [0.2, 0.25) is 0 Å². The molecule has 1 aliphatic rings. The van der Waals surface area contributed by atoms with Gasteiger partial charge >= 0.3 is 0 Å². The third kappa shape index (κ3) is 3.34. The maximum absolute atomic E-state index is 12.1. The highest BCUT2D eigenvalue weighted by atomic mass is 35.5. The van der Waals surface area contributed by atoms with Gasteiger partial charge in [-0.3, -0.25) is 4.79 Å². The Balaban J connectivity index is 1.67. The van der Waals surface area contributed by atoms with Gasteiger partial charge in [-0.2, -0.15) is 0 Å². The molecule has 5 heteroatoms. The number of rotatable bonds is 3. The number of aromatic nitrogens is 1. The van der Waals surface area contributed by atoms with Crippen molar-refractivity contribution in [3.05, 3.63) is 53.2 Å². The van der Waals surface area contributed by atoms with Gasteiger partial charge in [0, 0.05) is 23.7 Å². The number of hydrogen-bond donors (Lipinski definition) is 1. The fourth-order valence-electron chi connectivity index (χ4n) is 2.41. The van der Waals surface area contributed by atoms with E-state index in [2.05, 4.69) is 15.2 Å². The maximum Gasteiger partial charge on any atom is 0.256 e. The van der Waals surface area contributed by atoms with Crippen molar-refractivity contribution < 1.29 is 4.79 Å². The zero-order valence-electron chi connectivity index (χ0n) is 11.6. The molecule has 0 saturated carbocycles. The molecule has 1 aromatic carbocycles. The number of benzene rings is 1. The standard InChI is InChI=1S/C16H16ClN3O/c17-13-5-3-12(4-6-13)16(21)19-15-8-7-14(11-18-15)20-9-1-2-10-20/h3-8,11H,1-2,9-10H2,(H,18,19,21). The number of pyridine rings is 1.